The zero-order chi connectivity index (χ0) is 16.4. The highest BCUT2D eigenvalue weighted by molar-refractivity contribution is 5.89. The van der Waals surface area contributed by atoms with Crippen molar-refractivity contribution in [3.8, 4) is 5.75 Å². The summed E-state index contributed by atoms with van der Waals surface area (Å²) < 4.78 is 5.83. The van der Waals surface area contributed by atoms with Gasteiger partial charge in [0, 0.05) is 17.0 Å². The van der Waals surface area contributed by atoms with Crippen molar-refractivity contribution < 1.29 is 4.74 Å². The third-order valence-corrected chi connectivity index (χ3v) is 5.14. The van der Waals surface area contributed by atoms with Gasteiger partial charge in [0.15, 0.2) is 0 Å². The van der Waals surface area contributed by atoms with E-state index >= 15 is 0 Å². The first-order valence-corrected chi connectivity index (χ1v) is 8.70. The van der Waals surface area contributed by atoms with Crippen LogP contribution in [0.3, 0.4) is 0 Å². The summed E-state index contributed by atoms with van der Waals surface area (Å²) in [6.45, 7) is 1.07. The number of nitrogens with one attached hydrogen (secondary N) is 1. The highest BCUT2D eigenvalue weighted by Crippen LogP contribution is 2.40. The molecule has 0 saturated carbocycles. The Hall–Kier alpha value is -2.32. The Morgan fingerprint density at radius 3 is 2.58 bits per heavy atom. The fourth-order valence-corrected chi connectivity index (χ4v) is 3.99. The molecule has 2 nitrogen and oxygen atoms in total. The van der Waals surface area contributed by atoms with E-state index in [-0.39, 0.29) is 0 Å². The van der Waals surface area contributed by atoms with Crippen LogP contribution in [0.1, 0.15) is 23.6 Å². The maximum atomic E-state index is 5.83. The van der Waals surface area contributed by atoms with E-state index in [9.17, 15) is 0 Å². The Morgan fingerprint density at radius 1 is 0.958 bits per heavy atom. The molecule has 1 heterocycles. The average Bonchev–Trinajstić information content (AvgIpc) is 3.09. The second-order valence-corrected chi connectivity index (χ2v) is 6.58. The van der Waals surface area contributed by atoms with Crippen LogP contribution in [0.25, 0.3) is 10.8 Å². The third kappa shape index (κ3) is 2.78. The fourth-order valence-electron chi connectivity index (χ4n) is 3.99. The molecule has 0 amide bonds. The predicted molar refractivity (Wildman–Crippen MR) is 99.5 cm³/mol. The van der Waals surface area contributed by atoms with Crippen LogP contribution < -0.4 is 10.1 Å². The molecule has 1 fully saturated rings. The zero-order valence-corrected chi connectivity index (χ0v) is 14.0. The first-order valence-electron chi connectivity index (χ1n) is 8.70. The molecule has 0 bridgehead atoms. The molecule has 2 heteroatoms. The van der Waals surface area contributed by atoms with Gasteiger partial charge in [0.1, 0.15) is 5.75 Å². The van der Waals surface area contributed by atoms with Crippen molar-refractivity contribution >= 4 is 10.8 Å². The van der Waals surface area contributed by atoms with Crippen LogP contribution >= 0.6 is 0 Å². The molecule has 2 atom stereocenters. The number of hydrogen-bond donors (Lipinski definition) is 1. The summed E-state index contributed by atoms with van der Waals surface area (Å²) >= 11 is 0. The van der Waals surface area contributed by atoms with Crippen LogP contribution in [-0.4, -0.2) is 13.7 Å². The third-order valence-electron chi connectivity index (χ3n) is 5.14. The van der Waals surface area contributed by atoms with E-state index in [1.54, 1.807) is 7.11 Å². The predicted octanol–water partition coefficient (Wildman–Crippen LogP) is 4.74. The van der Waals surface area contributed by atoms with E-state index in [1.165, 1.54) is 28.3 Å². The van der Waals surface area contributed by atoms with Crippen molar-refractivity contribution in [1.82, 2.24) is 5.32 Å². The second-order valence-electron chi connectivity index (χ2n) is 6.58. The van der Waals surface area contributed by atoms with Crippen molar-refractivity contribution in [3.05, 3.63) is 77.9 Å². The van der Waals surface area contributed by atoms with Crippen molar-refractivity contribution in [2.45, 2.75) is 18.9 Å². The highest BCUT2D eigenvalue weighted by atomic mass is 16.5. The molecule has 0 aliphatic carbocycles. The van der Waals surface area contributed by atoms with Crippen molar-refractivity contribution in [1.29, 1.82) is 0 Å². The van der Waals surface area contributed by atoms with Gasteiger partial charge in [0.25, 0.3) is 0 Å². The number of ether oxygens (including phenoxy) is 1. The molecular formula is C22H23NO. The summed E-state index contributed by atoms with van der Waals surface area (Å²) in [7, 11) is 1.78. The molecule has 4 rings (SSSR count). The van der Waals surface area contributed by atoms with Crippen molar-refractivity contribution in [2.24, 2.45) is 5.92 Å². The molecule has 122 valence electrons. The first-order chi connectivity index (χ1) is 11.9. The number of rotatable bonds is 4. The number of hydrogen-bond acceptors (Lipinski definition) is 2. The van der Waals surface area contributed by atoms with Crippen LogP contribution in [0.4, 0.5) is 0 Å². The summed E-state index contributed by atoms with van der Waals surface area (Å²) in [6.07, 6.45) is 2.31. The Labute approximate surface area is 143 Å². The van der Waals surface area contributed by atoms with Gasteiger partial charge >= 0.3 is 0 Å². The first kappa shape index (κ1) is 15.2. The van der Waals surface area contributed by atoms with E-state index in [2.05, 4.69) is 72.0 Å². The molecule has 1 aliphatic rings. The standard InChI is InChI=1S/C22H23NO/c1-24-22-19-10-6-5-9-17(19)11-12-20(22)21-18(13-14-23-21)15-16-7-3-2-4-8-16/h2-12,18,21,23H,13-15H2,1H3. The lowest BCUT2D eigenvalue weighted by atomic mass is 9.87. The Balaban J connectivity index is 1.70. The number of benzene rings is 3. The Kier molecular flexibility index (Phi) is 4.22. The minimum Gasteiger partial charge on any atom is -0.496 e. The Bertz CT molecular complexity index is 828. The minimum atomic E-state index is 0.352. The van der Waals surface area contributed by atoms with Gasteiger partial charge in [-0.05, 0) is 36.3 Å². The lowest BCUT2D eigenvalue weighted by Gasteiger charge is -2.23. The van der Waals surface area contributed by atoms with Crippen LogP contribution in [0.2, 0.25) is 0 Å². The maximum Gasteiger partial charge on any atom is 0.131 e. The zero-order valence-electron chi connectivity index (χ0n) is 14.0. The van der Waals surface area contributed by atoms with Gasteiger partial charge in [0.05, 0.1) is 7.11 Å². The molecule has 24 heavy (non-hydrogen) atoms. The van der Waals surface area contributed by atoms with Crippen LogP contribution in [0.5, 0.6) is 5.75 Å². The van der Waals surface area contributed by atoms with Gasteiger partial charge < -0.3 is 10.1 Å². The monoisotopic (exact) mass is 317 g/mol. The highest BCUT2D eigenvalue weighted by Gasteiger charge is 2.30. The summed E-state index contributed by atoms with van der Waals surface area (Å²) in [6, 6.07) is 24.1. The number of fused-ring (bicyclic) bond motifs is 1. The van der Waals surface area contributed by atoms with Crippen molar-refractivity contribution in [3.63, 3.8) is 0 Å². The molecule has 3 aromatic rings. The van der Waals surface area contributed by atoms with Crippen LogP contribution in [0, 0.1) is 5.92 Å². The van der Waals surface area contributed by atoms with E-state index in [0.717, 1.165) is 18.7 Å². The van der Waals surface area contributed by atoms with Crippen molar-refractivity contribution in [2.75, 3.05) is 13.7 Å². The molecule has 2 unspecified atom stereocenters. The van der Waals surface area contributed by atoms with E-state index in [1.807, 2.05) is 0 Å². The largest absolute Gasteiger partial charge is 0.496 e. The minimum absolute atomic E-state index is 0.352. The molecule has 1 saturated heterocycles. The summed E-state index contributed by atoms with van der Waals surface area (Å²) in [5.74, 6) is 1.62. The molecule has 0 spiro atoms. The topological polar surface area (TPSA) is 21.3 Å². The van der Waals surface area contributed by atoms with Crippen LogP contribution in [-0.2, 0) is 6.42 Å². The SMILES string of the molecule is COc1c(C2NCCC2Cc2ccccc2)ccc2ccccc12. The maximum absolute atomic E-state index is 5.83. The Morgan fingerprint density at radius 2 is 1.75 bits per heavy atom. The fraction of sp³-hybridized carbons (Fsp3) is 0.273. The van der Waals surface area contributed by atoms with Gasteiger partial charge in [-0.3, -0.25) is 0 Å². The summed E-state index contributed by atoms with van der Waals surface area (Å²) in [4.78, 5) is 0. The van der Waals surface area contributed by atoms with Gasteiger partial charge in [-0.15, -0.1) is 0 Å². The smallest absolute Gasteiger partial charge is 0.131 e. The normalized spacial score (nSPS) is 20.4. The van der Waals surface area contributed by atoms with Crippen LogP contribution in [0.15, 0.2) is 66.7 Å². The quantitative estimate of drug-likeness (QED) is 0.750. The van der Waals surface area contributed by atoms with E-state index < -0.39 is 0 Å². The lowest BCUT2D eigenvalue weighted by Crippen LogP contribution is -2.20. The summed E-state index contributed by atoms with van der Waals surface area (Å²) in [5.41, 5.74) is 2.70. The molecular weight excluding hydrogens is 294 g/mol. The average molecular weight is 317 g/mol. The molecule has 0 radical (unpaired) electrons. The van der Waals surface area contributed by atoms with Gasteiger partial charge in [-0.25, -0.2) is 0 Å². The van der Waals surface area contributed by atoms with E-state index in [0.29, 0.717) is 12.0 Å². The van der Waals surface area contributed by atoms with Gasteiger partial charge in [-0.1, -0.05) is 66.7 Å². The molecule has 1 aliphatic heterocycles. The second kappa shape index (κ2) is 6.66. The molecule has 3 aromatic carbocycles. The van der Waals surface area contributed by atoms with Gasteiger partial charge in [-0.2, -0.15) is 0 Å². The number of methoxy groups -OCH3 is 1. The molecule has 1 N–H and O–H groups in total. The molecule has 0 aromatic heterocycles. The lowest BCUT2D eigenvalue weighted by molar-refractivity contribution is 0.392. The summed E-state index contributed by atoms with van der Waals surface area (Å²) in [5, 5.41) is 6.13. The van der Waals surface area contributed by atoms with Gasteiger partial charge in [0.2, 0.25) is 0 Å². The van der Waals surface area contributed by atoms with E-state index in [4.69, 9.17) is 4.74 Å².